The SMILES string of the molecule is CC1(C)CCCC(NCc2ccc(F)c(Br)c2)C1. The zero-order chi connectivity index (χ0) is 13.2. The normalized spacial score (nSPS) is 23.0. The highest BCUT2D eigenvalue weighted by atomic mass is 79.9. The maximum absolute atomic E-state index is 13.1. The Hall–Kier alpha value is -0.410. The summed E-state index contributed by atoms with van der Waals surface area (Å²) < 4.78 is 13.7. The van der Waals surface area contributed by atoms with Gasteiger partial charge in [-0.05, 0) is 58.3 Å². The van der Waals surface area contributed by atoms with Crippen molar-refractivity contribution in [3.8, 4) is 0 Å². The molecule has 1 nitrogen and oxygen atoms in total. The van der Waals surface area contributed by atoms with Crippen LogP contribution in [0, 0.1) is 11.2 Å². The zero-order valence-corrected chi connectivity index (χ0v) is 12.7. The first-order valence-corrected chi connectivity index (χ1v) is 7.43. The Morgan fingerprint density at radius 1 is 1.44 bits per heavy atom. The highest BCUT2D eigenvalue weighted by molar-refractivity contribution is 9.10. The summed E-state index contributed by atoms with van der Waals surface area (Å²) in [6.45, 7) is 5.50. The molecule has 1 atom stereocenters. The molecular formula is C15H21BrFN. The van der Waals surface area contributed by atoms with E-state index in [9.17, 15) is 4.39 Å². The number of halogens is 2. The molecule has 1 aliphatic carbocycles. The van der Waals surface area contributed by atoms with Crippen LogP contribution in [0.4, 0.5) is 4.39 Å². The highest BCUT2D eigenvalue weighted by Gasteiger charge is 2.27. The van der Waals surface area contributed by atoms with Crippen molar-refractivity contribution in [2.24, 2.45) is 5.41 Å². The van der Waals surface area contributed by atoms with Crippen molar-refractivity contribution in [1.82, 2.24) is 5.32 Å². The topological polar surface area (TPSA) is 12.0 Å². The van der Waals surface area contributed by atoms with E-state index in [0.29, 0.717) is 15.9 Å². The molecule has 0 saturated heterocycles. The van der Waals surface area contributed by atoms with Crippen LogP contribution in [-0.4, -0.2) is 6.04 Å². The van der Waals surface area contributed by atoms with E-state index in [1.54, 1.807) is 0 Å². The van der Waals surface area contributed by atoms with Gasteiger partial charge in [-0.1, -0.05) is 26.3 Å². The molecule has 0 spiro atoms. The molecule has 0 amide bonds. The maximum atomic E-state index is 13.1. The third kappa shape index (κ3) is 3.79. The minimum absolute atomic E-state index is 0.197. The van der Waals surface area contributed by atoms with Gasteiger partial charge in [-0.3, -0.25) is 0 Å². The summed E-state index contributed by atoms with van der Waals surface area (Å²) in [7, 11) is 0. The summed E-state index contributed by atoms with van der Waals surface area (Å²) in [5, 5.41) is 3.60. The van der Waals surface area contributed by atoms with Crippen LogP contribution in [-0.2, 0) is 6.54 Å². The monoisotopic (exact) mass is 313 g/mol. The smallest absolute Gasteiger partial charge is 0.137 e. The Bertz CT molecular complexity index is 417. The van der Waals surface area contributed by atoms with Gasteiger partial charge in [0.15, 0.2) is 0 Å². The molecule has 0 bridgehead atoms. The molecule has 0 radical (unpaired) electrons. The first kappa shape index (κ1) is 14.0. The van der Waals surface area contributed by atoms with Crippen LogP contribution in [0.15, 0.2) is 22.7 Å². The summed E-state index contributed by atoms with van der Waals surface area (Å²) in [6.07, 6.45) is 5.12. The quantitative estimate of drug-likeness (QED) is 0.856. The lowest BCUT2D eigenvalue weighted by Gasteiger charge is -2.35. The second kappa shape index (κ2) is 5.70. The van der Waals surface area contributed by atoms with Crippen molar-refractivity contribution in [2.45, 2.75) is 52.1 Å². The number of nitrogens with one attached hydrogen (secondary N) is 1. The van der Waals surface area contributed by atoms with Crippen LogP contribution in [0.25, 0.3) is 0 Å². The van der Waals surface area contributed by atoms with Gasteiger partial charge >= 0.3 is 0 Å². The van der Waals surface area contributed by atoms with Gasteiger partial charge in [-0.15, -0.1) is 0 Å². The van der Waals surface area contributed by atoms with Crippen LogP contribution in [0.5, 0.6) is 0 Å². The van der Waals surface area contributed by atoms with Gasteiger partial charge in [0.2, 0.25) is 0 Å². The lowest BCUT2D eigenvalue weighted by Crippen LogP contribution is -2.36. The van der Waals surface area contributed by atoms with Gasteiger partial charge in [0, 0.05) is 12.6 Å². The van der Waals surface area contributed by atoms with Gasteiger partial charge < -0.3 is 5.32 Å². The van der Waals surface area contributed by atoms with Crippen LogP contribution in [0.2, 0.25) is 0 Å². The van der Waals surface area contributed by atoms with Gasteiger partial charge in [0.05, 0.1) is 4.47 Å². The summed E-state index contributed by atoms with van der Waals surface area (Å²) in [5.74, 6) is -0.197. The van der Waals surface area contributed by atoms with Crippen LogP contribution >= 0.6 is 15.9 Å². The molecule has 1 N–H and O–H groups in total. The minimum atomic E-state index is -0.197. The third-order valence-corrected chi connectivity index (χ3v) is 4.39. The molecule has 1 fully saturated rings. The molecular weight excluding hydrogens is 293 g/mol. The fourth-order valence-electron chi connectivity index (χ4n) is 2.78. The summed E-state index contributed by atoms with van der Waals surface area (Å²) in [5.41, 5.74) is 1.59. The highest BCUT2D eigenvalue weighted by Crippen LogP contribution is 2.35. The second-order valence-electron chi connectivity index (χ2n) is 6.09. The van der Waals surface area contributed by atoms with Crippen LogP contribution < -0.4 is 5.32 Å². The molecule has 18 heavy (non-hydrogen) atoms. The van der Waals surface area contributed by atoms with Crippen molar-refractivity contribution in [1.29, 1.82) is 0 Å². The zero-order valence-electron chi connectivity index (χ0n) is 11.1. The Morgan fingerprint density at radius 3 is 2.89 bits per heavy atom. The summed E-state index contributed by atoms with van der Waals surface area (Å²) >= 11 is 3.23. The molecule has 1 unspecified atom stereocenters. The maximum Gasteiger partial charge on any atom is 0.137 e. The molecule has 1 aromatic rings. The van der Waals surface area contributed by atoms with Gasteiger partial charge in [0.1, 0.15) is 5.82 Å². The Labute approximate surface area is 117 Å². The first-order valence-electron chi connectivity index (χ1n) is 6.64. The van der Waals surface area contributed by atoms with E-state index in [2.05, 4.69) is 35.1 Å². The van der Waals surface area contributed by atoms with E-state index in [-0.39, 0.29) is 5.82 Å². The molecule has 100 valence electrons. The largest absolute Gasteiger partial charge is 0.310 e. The van der Waals surface area contributed by atoms with Gasteiger partial charge in [-0.25, -0.2) is 4.39 Å². The molecule has 0 heterocycles. The molecule has 0 aliphatic heterocycles. The Morgan fingerprint density at radius 2 is 2.22 bits per heavy atom. The van der Waals surface area contributed by atoms with E-state index in [1.807, 2.05) is 12.1 Å². The van der Waals surface area contributed by atoms with Gasteiger partial charge in [0.25, 0.3) is 0 Å². The number of hydrogen-bond acceptors (Lipinski definition) is 1. The molecule has 3 heteroatoms. The van der Waals surface area contributed by atoms with E-state index in [1.165, 1.54) is 31.7 Å². The fraction of sp³-hybridized carbons (Fsp3) is 0.600. The fourth-order valence-corrected chi connectivity index (χ4v) is 3.21. The molecule has 2 rings (SSSR count). The number of hydrogen-bond donors (Lipinski definition) is 1. The van der Waals surface area contributed by atoms with E-state index < -0.39 is 0 Å². The average Bonchev–Trinajstić information content (AvgIpc) is 2.29. The molecule has 0 aromatic heterocycles. The average molecular weight is 314 g/mol. The molecule has 1 saturated carbocycles. The van der Waals surface area contributed by atoms with E-state index in [0.717, 1.165) is 12.1 Å². The Kier molecular flexibility index (Phi) is 4.44. The van der Waals surface area contributed by atoms with Crippen molar-refractivity contribution >= 4 is 15.9 Å². The second-order valence-corrected chi connectivity index (χ2v) is 6.94. The van der Waals surface area contributed by atoms with Crippen molar-refractivity contribution in [3.05, 3.63) is 34.1 Å². The predicted molar refractivity (Wildman–Crippen MR) is 77.0 cm³/mol. The van der Waals surface area contributed by atoms with E-state index >= 15 is 0 Å². The standard InChI is InChI=1S/C15H21BrFN/c1-15(2)7-3-4-12(9-15)18-10-11-5-6-14(17)13(16)8-11/h5-6,8,12,18H,3-4,7,9-10H2,1-2H3. The van der Waals surface area contributed by atoms with Crippen molar-refractivity contribution in [3.63, 3.8) is 0 Å². The lowest BCUT2D eigenvalue weighted by molar-refractivity contribution is 0.198. The number of benzene rings is 1. The Balaban J connectivity index is 1.89. The van der Waals surface area contributed by atoms with Crippen molar-refractivity contribution in [2.75, 3.05) is 0 Å². The van der Waals surface area contributed by atoms with Crippen LogP contribution in [0.1, 0.15) is 45.1 Å². The number of rotatable bonds is 3. The molecule has 1 aromatic carbocycles. The molecule has 1 aliphatic rings. The predicted octanol–water partition coefficient (Wildman–Crippen LogP) is 4.65. The minimum Gasteiger partial charge on any atom is -0.310 e. The van der Waals surface area contributed by atoms with Crippen molar-refractivity contribution < 1.29 is 4.39 Å². The van der Waals surface area contributed by atoms with E-state index in [4.69, 9.17) is 0 Å². The third-order valence-electron chi connectivity index (χ3n) is 3.78. The first-order chi connectivity index (χ1) is 8.46. The van der Waals surface area contributed by atoms with Gasteiger partial charge in [-0.2, -0.15) is 0 Å². The summed E-state index contributed by atoms with van der Waals surface area (Å²) in [6, 6.07) is 5.82. The summed E-state index contributed by atoms with van der Waals surface area (Å²) in [4.78, 5) is 0. The lowest BCUT2D eigenvalue weighted by atomic mass is 9.75. The van der Waals surface area contributed by atoms with Crippen LogP contribution in [0.3, 0.4) is 0 Å².